The number of piperidine rings is 1. The molecule has 2 N–H and O–H groups in total. The van der Waals surface area contributed by atoms with Crippen LogP contribution in [-0.2, 0) is 13.1 Å². The monoisotopic (exact) mass is 509 g/mol. The van der Waals surface area contributed by atoms with Crippen LogP contribution < -0.4 is 20.3 Å². The van der Waals surface area contributed by atoms with Crippen LogP contribution in [0.3, 0.4) is 0 Å². The van der Waals surface area contributed by atoms with Gasteiger partial charge in [0.25, 0.3) is 0 Å². The van der Waals surface area contributed by atoms with E-state index < -0.39 is 0 Å². The third-order valence-corrected chi connectivity index (χ3v) is 5.19. The van der Waals surface area contributed by atoms with Crippen LogP contribution in [0, 0.1) is 5.92 Å². The predicted octanol–water partition coefficient (Wildman–Crippen LogP) is 3.81. The molecular weight excluding hydrogens is 477 g/mol. The number of ether oxygens (including phenoxy) is 1. The lowest BCUT2D eigenvalue weighted by molar-refractivity contribution is 0.414. The van der Waals surface area contributed by atoms with Gasteiger partial charge < -0.3 is 20.3 Å². The van der Waals surface area contributed by atoms with Gasteiger partial charge in [0, 0.05) is 39.4 Å². The first-order valence-corrected chi connectivity index (χ1v) is 9.95. The van der Waals surface area contributed by atoms with Crippen LogP contribution in [0.2, 0.25) is 0 Å². The van der Waals surface area contributed by atoms with Gasteiger partial charge in [-0.2, -0.15) is 0 Å². The van der Waals surface area contributed by atoms with Gasteiger partial charge >= 0.3 is 0 Å². The summed E-state index contributed by atoms with van der Waals surface area (Å²) in [6.45, 7) is 5.90. The molecule has 7 heteroatoms. The van der Waals surface area contributed by atoms with E-state index in [1.807, 2.05) is 24.4 Å². The number of aliphatic imine (C=N–C) groups is 1. The largest absolute Gasteiger partial charge is 0.497 e. The number of rotatable bonds is 6. The molecule has 0 bridgehead atoms. The Hall–Kier alpha value is -2.03. The number of anilines is 1. The zero-order chi connectivity index (χ0) is 19.8. The van der Waals surface area contributed by atoms with Crippen molar-refractivity contribution in [2.45, 2.75) is 32.9 Å². The summed E-state index contributed by atoms with van der Waals surface area (Å²) in [4.78, 5) is 11.3. The van der Waals surface area contributed by atoms with E-state index in [1.165, 1.54) is 12.8 Å². The highest BCUT2D eigenvalue weighted by Gasteiger charge is 2.16. The SMILES string of the molecule is CN=C(NCc1ccc(N2CCC(C)CC2)nc1)NCc1cccc(OC)c1.I. The standard InChI is InChI=1S/C22H31N5O.HI/c1-17-9-11-27(12-10-17)21-8-7-19(15-24-21)16-26-22(23-2)25-14-18-5-4-6-20(13-18)28-3;/h4-8,13,15,17H,9-12,14,16H2,1-3H3,(H2,23,25,26);1H. The minimum absolute atomic E-state index is 0. The number of benzene rings is 1. The molecule has 1 aromatic heterocycles. The van der Waals surface area contributed by atoms with Crippen LogP contribution in [0.25, 0.3) is 0 Å². The molecular formula is C22H32IN5O. The molecule has 158 valence electrons. The van der Waals surface area contributed by atoms with E-state index in [2.05, 4.69) is 50.6 Å². The van der Waals surface area contributed by atoms with Crippen LogP contribution >= 0.6 is 24.0 Å². The Balaban J connectivity index is 0.00000300. The molecule has 2 aromatic rings. The fourth-order valence-electron chi connectivity index (χ4n) is 3.32. The number of guanidine groups is 1. The van der Waals surface area contributed by atoms with E-state index in [0.29, 0.717) is 13.1 Å². The molecule has 3 rings (SSSR count). The Morgan fingerprint density at radius 1 is 1.14 bits per heavy atom. The molecule has 2 heterocycles. The van der Waals surface area contributed by atoms with Crippen LogP contribution in [0.4, 0.5) is 5.82 Å². The quantitative estimate of drug-likeness (QED) is 0.353. The molecule has 0 unspecified atom stereocenters. The summed E-state index contributed by atoms with van der Waals surface area (Å²) in [5.41, 5.74) is 2.28. The van der Waals surface area contributed by atoms with Crippen molar-refractivity contribution < 1.29 is 4.74 Å². The summed E-state index contributed by atoms with van der Waals surface area (Å²) in [7, 11) is 3.46. The maximum atomic E-state index is 5.27. The van der Waals surface area contributed by atoms with Gasteiger partial charge in [0.2, 0.25) is 0 Å². The first-order valence-electron chi connectivity index (χ1n) is 9.95. The summed E-state index contributed by atoms with van der Waals surface area (Å²) in [6.07, 6.45) is 4.45. The second-order valence-corrected chi connectivity index (χ2v) is 7.33. The van der Waals surface area contributed by atoms with Crippen LogP contribution in [-0.4, -0.2) is 38.2 Å². The van der Waals surface area contributed by atoms with Gasteiger partial charge in [0.15, 0.2) is 5.96 Å². The summed E-state index contributed by atoms with van der Waals surface area (Å²) < 4.78 is 5.27. The molecule has 6 nitrogen and oxygen atoms in total. The van der Waals surface area contributed by atoms with Gasteiger partial charge in [0.1, 0.15) is 11.6 Å². The Labute approximate surface area is 191 Å². The van der Waals surface area contributed by atoms with Crippen molar-refractivity contribution in [1.82, 2.24) is 15.6 Å². The highest BCUT2D eigenvalue weighted by Crippen LogP contribution is 2.21. The molecule has 0 spiro atoms. The second kappa shape index (κ2) is 11.8. The minimum Gasteiger partial charge on any atom is -0.497 e. The molecule has 1 saturated heterocycles. The van der Waals surface area contributed by atoms with Gasteiger partial charge in [0.05, 0.1) is 7.11 Å². The second-order valence-electron chi connectivity index (χ2n) is 7.33. The number of methoxy groups -OCH3 is 1. The van der Waals surface area contributed by atoms with Crippen LogP contribution in [0.1, 0.15) is 30.9 Å². The first-order chi connectivity index (χ1) is 13.7. The van der Waals surface area contributed by atoms with E-state index in [9.17, 15) is 0 Å². The normalized spacial score (nSPS) is 14.9. The van der Waals surface area contributed by atoms with E-state index >= 15 is 0 Å². The third kappa shape index (κ3) is 7.06. The lowest BCUT2D eigenvalue weighted by atomic mass is 9.99. The average Bonchev–Trinajstić information content (AvgIpc) is 2.75. The number of hydrogen-bond acceptors (Lipinski definition) is 4. The number of pyridine rings is 1. The third-order valence-electron chi connectivity index (χ3n) is 5.19. The van der Waals surface area contributed by atoms with Crippen LogP contribution in [0.15, 0.2) is 47.6 Å². The van der Waals surface area contributed by atoms with Crippen molar-refractivity contribution in [2.75, 3.05) is 32.1 Å². The molecule has 29 heavy (non-hydrogen) atoms. The average molecular weight is 509 g/mol. The van der Waals surface area contributed by atoms with Crippen molar-refractivity contribution >= 4 is 35.8 Å². The van der Waals surface area contributed by atoms with Gasteiger partial charge in [-0.1, -0.05) is 25.1 Å². The lowest BCUT2D eigenvalue weighted by Gasteiger charge is -2.31. The maximum Gasteiger partial charge on any atom is 0.191 e. The van der Waals surface area contributed by atoms with Crippen molar-refractivity contribution in [3.63, 3.8) is 0 Å². The Bertz CT molecular complexity index is 773. The topological polar surface area (TPSA) is 61.8 Å². The number of nitrogens with one attached hydrogen (secondary N) is 2. The van der Waals surface area contributed by atoms with Crippen molar-refractivity contribution in [1.29, 1.82) is 0 Å². The Kier molecular flexibility index (Phi) is 9.50. The predicted molar refractivity (Wildman–Crippen MR) is 130 cm³/mol. The van der Waals surface area contributed by atoms with Crippen LogP contribution in [0.5, 0.6) is 5.75 Å². The number of halogens is 1. The van der Waals surface area contributed by atoms with Crippen molar-refractivity contribution in [3.8, 4) is 5.75 Å². The summed E-state index contributed by atoms with van der Waals surface area (Å²) in [6, 6.07) is 12.3. The molecule has 0 atom stereocenters. The number of aromatic nitrogens is 1. The molecule has 1 aliphatic rings. The van der Waals surface area contributed by atoms with E-state index in [-0.39, 0.29) is 24.0 Å². The first kappa shape index (κ1) is 23.3. The van der Waals surface area contributed by atoms with E-state index in [0.717, 1.165) is 47.7 Å². The number of nitrogens with zero attached hydrogens (tertiary/aromatic N) is 3. The highest BCUT2D eigenvalue weighted by molar-refractivity contribution is 14.0. The maximum absolute atomic E-state index is 5.27. The minimum atomic E-state index is 0. The smallest absolute Gasteiger partial charge is 0.191 e. The van der Waals surface area contributed by atoms with Gasteiger partial charge in [-0.3, -0.25) is 4.99 Å². The molecule has 1 aliphatic heterocycles. The van der Waals surface area contributed by atoms with Crippen molar-refractivity contribution in [2.24, 2.45) is 10.9 Å². The van der Waals surface area contributed by atoms with Gasteiger partial charge in [-0.15, -0.1) is 24.0 Å². The fourth-order valence-corrected chi connectivity index (χ4v) is 3.32. The summed E-state index contributed by atoms with van der Waals surface area (Å²) in [5, 5.41) is 6.67. The summed E-state index contributed by atoms with van der Waals surface area (Å²) in [5.74, 6) is 3.53. The Morgan fingerprint density at radius 3 is 2.48 bits per heavy atom. The molecule has 0 amide bonds. The van der Waals surface area contributed by atoms with E-state index in [1.54, 1.807) is 14.2 Å². The van der Waals surface area contributed by atoms with Crippen molar-refractivity contribution in [3.05, 3.63) is 53.7 Å². The van der Waals surface area contributed by atoms with Gasteiger partial charge in [-0.05, 0) is 48.1 Å². The Morgan fingerprint density at radius 2 is 1.86 bits per heavy atom. The fraction of sp³-hybridized carbons (Fsp3) is 0.455. The molecule has 1 aromatic carbocycles. The zero-order valence-corrected chi connectivity index (χ0v) is 19.8. The van der Waals surface area contributed by atoms with Gasteiger partial charge in [-0.25, -0.2) is 4.98 Å². The molecule has 0 saturated carbocycles. The molecule has 0 radical (unpaired) electrons. The lowest BCUT2D eigenvalue weighted by Crippen LogP contribution is -2.36. The zero-order valence-electron chi connectivity index (χ0n) is 17.5. The molecule has 0 aliphatic carbocycles. The van der Waals surface area contributed by atoms with E-state index in [4.69, 9.17) is 4.74 Å². The summed E-state index contributed by atoms with van der Waals surface area (Å²) >= 11 is 0. The highest BCUT2D eigenvalue weighted by atomic mass is 127. The molecule has 1 fully saturated rings. The number of hydrogen-bond donors (Lipinski definition) is 2.